The van der Waals surface area contributed by atoms with Gasteiger partial charge in [0.2, 0.25) is 5.91 Å². The zero-order valence-corrected chi connectivity index (χ0v) is 11.6. The van der Waals surface area contributed by atoms with E-state index < -0.39 is 11.9 Å². The van der Waals surface area contributed by atoms with Gasteiger partial charge in [0.1, 0.15) is 0 Å². The first-order valence-electron chi connectivity index (χ1n) is 6.27. The predicted molar refractivity (Wildman–Crippen MR) is 69.2 cm³/mol. The number of hydrogen-bond acceptors (Lipinski definition) is 5. The Morgan fingerprint density at radius 2 is 1.79 bits per heavy atom. The molecular weight excluding hydrogens is 250 g/mol. The number of nitrogens with one attached hydrogen (secondary N) is 1. The molecule has 1 amide bonds. The van der Waals surface area contributed by atoms with Crippen molar-refractivity contribution >= 4 is 17.8 Å². The standard InChI is InChI=1S/C13H21NO5/c1-4-11(15)14-8-5-9-18-12(16)6-7-13(17)19-10(2)3/h6-7,10H,4-5,8-9H2,1-3H3,(H,14,15)/b7-6+. The highest BCUT2D eigenvalue weighted by molar-refractivity contribution is 5.91. The maximum absolute atomic E-state index is 11.2. The van der Waals surface area contributed by atoms with E-state index in [4.69, 9.17) is 9.47 Å². The third kappa shape index (κ3) is 11.0. The van der Waals surface area contributed by atoms with Crippen molar-refractivity contribution in [2.24, 2.45) is 0 Å². The molecule has 108 valence electrons. The summed E-state index contributed by atoms with van der Waals surface area (Å²) in [5.74, 6) is -1.23. The molecule has 1 N–H and O–H groups in total. The van der Waals surface area contributed by atoms with Crippen molar-refractivity contribution in [3.63, 3.8) is 0 Å². The first-order chi connectivity index (χ1) is 8.95. The molecule has 0 saturated carbocycles. The summed E-state index contributed by atoms with van der Waals surface area (Å²) in [6.45, 7) is 5.84. The highest BCUT2D eigenvalue weighted by Gasteiger charge is 2.03. The van der Waals surface area contributed by atoms with E-state index in [0.717, 1.165) is 12.2 Å². The molecule has 0 aromatic carbocycles. The lowest BCUT2D eigenvalue weighted by Gasteiger charge is -2.05. The molecule has 0 aliphatic carbocycles. The molecule has 6 nitrogen and oxygen atoms in total. The summed E-state index contributed by atoms with van der Waals surface area (Å²) in [5, 5.41) is 2.66. The molecule has 0 spiro atoms. The van der Waals surface area contributed by atoms with Gasteiger partial charge in [-0.3, -0.25) is 4.79 Å². The van der Waals surface area contributed by atoms with E-state index in [1.54, 1.807) is 20.8 Å². The van der Waals surface area contributed by atoms with Gasteiger partial charge >= 0.3 is 11.9 Å². The normalized spacial score (nSPS) is 10.5. The molecule has 0 rings (SSSR count). The van der Waals surface area contributed by atoms with E-state index in [1.165, 1.54) is 0 Å². The van der Waals surface area contributed by atoms with Crippen LogP contribution < -0.4 is 5.32 Å². The summed E-state index contributed by atoms with van der Waals surface area (Å²) >= 11 is 0. The summed E-state index contributed by atoms with van der Waals surface area (Å²) < 4.78 is 9.63. The Labute approximate surface area is 113 Å². The van der Waals surface area contributed by atoms with Gasteiger partial charge in [-0.05, 0) is 20.3 Å². The average molecular weight is 271 g/mol. The van der Waals surface area contributed by atoms with Crippen molar-refractivity contribution in [1.82, 2.24) is 5.32 Å². The molecule has 0 aliphatic heterocycles. The lowest BCUT2D eigenvalue weighted by Crippen LogP contribution is -2.24. The molecule has 0 bridgehead atoms. The highest BCUT2D eigenvalue weighted by Crippen LogP contribution is 1.92. The first kappa shape index (κ1) is 17.2. The van der Waals surface area contributed by atoms with Crippen LogP contribution in [0.5, 0.6) is 0 Å². The minimum Gasteiger partial charge on any atom is -0.462 e. The molecule has 0 radical (unpaired) electrons. The van der Waals surface area contributed by atoms with E-state index in [9.17, 15) is 14.4 Å². The zero-order chi connectivity index (χ0) is 14.7. The van der Waals surface area contributed by atoms with Crippen LogP contribution in [0.3, 0.4) is 0 Å². The summed E-state index contributed by atoms with van der Waals surface area (Å²) in [4.78, 5) is 33.2. The van der Waals surface area contributed by atoms with Crippen molar-refractivity contribution in [1.29, 1.82) is 0 Å². The third-order valence-corrected chi connectivity index (χ3v) is 1.92. The van der Waals surface area contributed by atoms with Gasteiger partial charge < -0.3 is 14.8 Å². The number of amides is 1. The fourth-order valence-corrected chi connectivity index (χ4v) is 1.05. The smallest absolute Gasteiger partial charge is 0.331 e. The van der Waals surface area contributed by atoms with Crippen LogP contribution in [0.2, 0.25) is 0 Å². The number of ether oxygens (including phenoxy) is 2. The number of rotatable bonds is 8. The summed E-state index contributed by atoms with van der Waals surface area (Å²) in [7, 11) is 0. The fraction of sp³-hybridized carbons (Fsp3) is 0.615. The van der Waals surface area contributed by atoms with Crippen LogP contribution in [0.25, 0.3) is 0 Å². The van der Waals surface area contributed by atoms with Gasteiger partial charge in [-0.1, -0.05) is 6.92 Å². The molecule has 0 atom stereocenters. The van der Waals surface area contributed by atoms with Crippen molar-refractivity contribution in [2.75, 3.05) is 13.2 Å². The lowest BCUT2D eigenvalue weighted by atomic mass is 10.4. The monoisotopic (exact) mass is 271 g/mol. The maximum atomic E-state index is 11.2. The van der Waals surface area contributed by atoms with Crippen molar-refractivity contribution < 1.29 is 23.9 Å². The molecule has 0 aromatic rings. The minimum atomic E-state index is -0.609. The van der Waals surface area contributed by atoms with Crippen LogP contribution in [-0.2, 0) is 23.9 Å². The van der Waals surface area contributed by atoms with Crippen molar-refractivity contribution in [3.8, 4) is 0 Å². The molecule has 0 heterocycles. The summed E-state index contributed by atoms with van der Waals surface area (Å²) in [5.41, 5.74) is 0. The van der Waals surface area contributed by atoms with E-state index >= 15 is 0 Å². The first-order valence-corrected chi connectivity index (χ1v) is 6.27. The molecule has 19 heavy (non-hydrogen) atoms. The van der Waals surface area contributed by atoms with Gasteiger partial charge in [0.25, 0.3) is 0 Å². The second kappa shape index (κ2) is 10.1. The Balaban J connectivity index is 3.67. The third-order valence-electron chi connectivity index (χ3n) is 1.92. The number of hydrogen-bond donors (Lipinski definition) is 1. The predicted octanol–water partition coefficient (Wildman–Crippen LogP) is 0.954. The number of esters is 2. The van der Waals surface area contributed by atoms with Crippen LogP contribution in [0.1, 0.15) is 33.6 Å². The topological polar surface area (TPSA) is 81.7 Å². The quantitative estimate of drug-likeness (QED) is 0.404. The SMILES string of the molecule is CCC(=O)NCCCOC(=O)/C=C/C(=O)OC(C)C. The summed E-state index contributed by atoms with van der Waals surface area (Å²) in [6, 6.07) is 0. The Hall–Kier alpha value is -1.85. The van der Waals surface area contributed by atoms with Crippen LogP contribution in [0, 0.1) is 0 Å². The molecular formula is C13H21NO5. The average Bonchev–Trinajstić information content (AvgIpc) is 2.34. The Morgan fingerprint density at radius 3 is 2.37 bits per heavy atom. The van der Waals surface area contributed by atoms with E-state index in [-0.39, 0.29) is 18.6 Å². The molecule has 6 heteroatoms. The van der Waals surface area contributed by atoms with Crippen molar-refractivity contribution in [2.45, 2.75) is 39.7 Å². The van der Waals surface area contributed by atoms with Gasteiger partial charge in [0.05, 0.1) is 12.7 Å². The maximum Gasteiger partial charge on any atom is 0.331 e. The minimum absolute atomic E-state index is 0.0392. The Morgan fingerprint density at radius 1 is 1.16 bits per heavy atom. The van der Waals surface area contributed by atoms with Gasteiger partial charge in [-0.15, -0.1) is 0 Å². The van der Waals surface area contributed by atoms with Gasteiger partial charge in [-0.25, -0.2) is 9.59 Å². The largest absolute Gasteiger partial charge is 0.462 e. The molecule has 0 fully saturated rings. The van der Waals surface area contributed by atoms with Gasteiger partial charge in [0, 0.05) is 25.1 Å². The number of carbonyl (C=O) groups is 3. The highest BCUT2D eigenvalue weighted by atomic mass is 16.5. The second-order valence-electron chi connectivity index (χ2n) is 4.04. The lowest BCUT2D eigenvalue weighted by molar-refractivity contribution is -0.142. The fourth-order valence-electron chi connectivity index (χ4n) is 1.05. The van der Waals surface area contributed by atoms with Crippen molar-refractivity contribution in [3.05, 3.63) is 12.2 Å². The van der Waals surface area contributed by atoms with E-state index in [2.05, 4.69) is 5.32 Å². The van der Waals surface area contributed by atoms with Gasteiger partial charge in [-0.2, -0.15) is 0 Å². The van der Waals surface area contributed by atoms with Crippen LogP contribution in [-0.4, -0.2) is 37.1 Å². The molecule has 0 saturated heterocycles. The van der Waals surface area contributed by atoms with E-state index in [0.29, 0.717) is 19.4 Å². The van der Waals surface area contributed by atoms with E-state index in [1.807, 2.05) is 0 Å². The van der Waals surface area contributed by atoms with Gasteiger partial charge in [0.15, 0.2) is 0 Å². The van der Waals surface area contributed by atoms with Crippen LogP contribution in [0.4, 0.5) is 0 Å². The zero-order valence-electron chi connectivity index (χ0n) is 11.6. The Kier molecular flexibility index (Phi) is 9.12. The Bertz CT molecular complexity index is 336. The molecule has 0 aliphatic rings. The summed E-state index contributed by atoms with van der Waals surface area (Å²) in [6.07, 6.45) is 2.79. The number of carbonyl (C=O) groups excluding carboxylic acids is 3. The molecule has 0 aromatic heterocycles. The second-order valence-corrected chi connectivity index (χ2v) is 4.04. The molecule has 0 unspecified atom stereocenters. The van der Waals surface area contributed by atoms with Crippen LogP contribution >= 0.6 is 0 Å². The van der Waals surface area contributed by atoms with Crippen LogP contribution in [0.15, 0.2) is 12.2 Å².